The second-order valence-electron chi connectivity index (χ2n) is 12.9. The molecule has 0 amide bonds. The Bertz CT molecular complexity index is 2520. The Balaban J connectivity index is 1.35. The summed E-state index contributed by atoms with van der Waals surface area (Å²) >= 11 is 3.70. The summed E-state index contributed by atoms with van der Waals surface area (Å²) in [4.78, 5) is 5.08. The van der Waals surface area contributed by atoms with E-state index in [2.05, 4.69) is 87.5 Å². The molecule has 7 aromatic carbocycles. The summed E-state index contributed by atoms with van der Waals surface area (Å²) in [6.45, 7) is 6.95. The smallest absolute Gasteiger partial charge is 0.0911 e. The van der Waals surface area contributed by atoms with Gasteiger partial charge in [-0.2, -0.15) is 0 Å². The average Bonchev–Trinajstić information content (AvgIpc) is 3.12. The largest absolute Gasteiger partial charge is 0.247 e. The van der Waals surface area contributed by atoms with Crippen LogP contribution in [0.15, 0.2) is 153 Å². The van der Waals surface area contributed by atoms with Crippen LogP contribution in [0.5, 0.6) is 0 Å². The summed E-state index contributed by atoms with van der Waals surface area (Å²) in [6, 6.07) is 35.3. The molecule has 0 N–H and O–H groups in total. The standard InChI is InChI=1S/C42H31BS2/c1-42(2,3)28-21-22-34-36(25-28)45-38-24-27(23-37-41(38)43(34)33-19-11-12-20-35(33)44-37)40-31-17-9-7-15-29(31)39(26-13-5-4-6-14-26)30-16-8-10-18-32(30)40/h4-25H,1-3H3/i4D,5D,6D,13D,14D. The molecule has 0 spiro atoms. The third-order valence-corrected chi connectivity index (χ3v) is 11.5. The summed E-state index contributed by atoms with van der Waals surface area (Å²) in [6.07, 6.45) is 0. The zero-order valence-corrected chi connectivity index (χ0v) is 26.8. The lowest BCUT2D eigenvalue weighted by atomic mass is 9.36. The molecule has 3 heteroatoms. The maximum Gasteiger partial charge on any atom is 0.247 e. The summed E-state index contributed by atoms with van der Waals surface area (Å²) in [5.41, 5.74) is 8.50. The van der Waals surface area contributed by atoms with Gasteiger partial charge in [0.05, 0.1) is 6.85 Å². The van der Waals surface area contributed by atoms with E-state index < -0.39 is 0 Å². The lowest BCUT2D eigenvalue weighted by Gasteiger charge is -2.34. The predicted molar refractivity (Wildman–Crippen MR) is 197 cm³/mol. The highest BCUT2D eigenvalue weighted by molar-refractivity contribution is 8.01. The molecule has 0 bridgehead atoms. The van der Waals surface area contributed by atoms with Gasteiger partial charge in [-0.25, -0.2) is 0 Å². The molecule has 45 heavy (non-hydrogen) atoms. The normalized spacial score (nSPS) is 15.0. The average molecular weight is 616 g/mol. The van der Waals surface area contributed by atoms with E-state index >= 15 is 0 Å². The first-order valence-electron chi connectivity index (χ1n) is 17.8. The van der Waals surface area contributed by atoms with E-state index in [0.717, 1.165) is 32.7 Å². The molecule has 9 rings (SSSR count). The molecule has 2 aliphatic heterocycles. The van der Waals surface area contributed by atoms with Crippen LogP contribution in [0.3, 0.4) is 0 Å². The third kappa shape index (κ3) is 4.25. The van der Waals surface area contributed by atoms with Gasteiger partial charge in [-0.1, -0.05) is 164 Å². The summed E-state index contributed by atoms with van der Waals surface area (Å²) < 4.78 is 43.0. The van der Waals surface area contributed by atoms with E-state index in [9.17, 15) is 0 Å². The Labute approximate surface area is 281 Å². The van der Waals surface area contributed by atoms with Gasteiger partial charge < -0.3 is 0 Å². The zero-order valence-electron chi connectivity index (χ0n) is 30.2. The molecule has 7 aromatic rings. The summed E-state index contributed by atoms with van der Waals surface area (Å²) in [5.74, 6) is 0. The molecule has 2 heterocycles. The van der Waals surface area contributed by atoms with Gasteiger partial charge in [0.25, 0.3) is 0 Å². The quantitative estimate of drug-likeness (QED) is 0.140. The van der Waals surface area contributed by atoms with Crippen molar-refractivity contribution in [1.82, 2.24) is 0 Å². The van der Waals surface area contributed by atoms with Gasteiger partial charge in [0.1, 0.15) is 0 Å². The molecular formula is C42H31BS2. The van der Waals surface area contributed by atoms with Gasteiger partial charge in [-0.05, 0) is 84.5 Å². The minimum atomic E-state index is -0.386. The number of fused-ring (bicyclic) bond motifs is 6. The molecule has 0 aliphatic carbocycles. The molecule has 0 saturated carbocycles. The summed E-state index contributed by atoms with van der Waals surface area (Å²) in [7, 11) is 0. The van der Waals surface area contributed by atoms with Crippen molar-refractivity contribution in [3.05, 3.63) is 139 Å². The molecule has 0 atom stereocenters. The van der Waals surface area contributed by atoms with Gasteiger partial charge in [0.2, 0.25) is 6.71 Å². The summed E-state index contributed by atoms with van der Waals surface area (Å²) in [5, 5.41) is 3.67. The topological polar surface area (TPSA) is 0 Å². The monoisotopic (exact) mass is 615 g/mol. The molecule has 0 unspecified atom stereocenters. The van der Waals surface area contributed by atoms with Crippen LogP contribution < -0.4 is 16.4 Å². The van der Waals surface area contributed by atoms with Crippen LogP contribution in [0, 0.1) is 0 Å². The van der Waals surface area contributed by atoms with E-state index in [1.165, 1.54) is 41.5 Å². The van der Waals surface area contributed by atoms with Crippen molar-refractivity contribution in [3.63, 3.8) is 0 Å². The second-order valence-corrected chi connectivity index (χ2v) is 15.1. The van der Waals surface area contributed by atoms with Crippen molar-refractivity contribution in [2.45, 2.75) is 45.8 Å². The van der Waals surface area contributed by atoms with Crippen LogP contribution in [0.4, 0.5) is 0 Å². The van der Waals surface area contributed by atoms with E-state index in [4.69, 9.17) is 6.85 Å². The van der Waals surface area contributed by atoms with Crippen LogP contribution in [-0.2, 0) is 5.41 Å². The van der Waals surface area contributed by atoms with Gasteiger partial charge in [0, 0.05) is 19.6 Å². The zero-order chi connectivity index (χ0) is 34.6. The molecule has 0 aromatic heterocycles. The van der Waals surface area contributed by atoms with Crippen LogP contribution in [0.2, 0.25) is 0 Å². The maximum absolute atomic E-state index is 8.92. The van der Waals surface area contributed by atoms with E-state index in [1.807, 2.05) is 59.9 Å². The van der Waals surface area contributed by atoms with Crippen molar-refractivity contribution < 1.29 is 6.85 Å². The first-order chi connectivity index (χ1) is 24.0. The molecule has 0 radical (unpaired) electrons. The van der Waals surface area contributed by atoms with Crippen molar-refractivity contribution in [2.75, 3.05) is 0 Å². The molecule has 2 aliphatic rings. The highest BCUT2D eigenvalue weighted by Gasteiger charge is 2.38. The van der Waals surface area contributed by atoms with E-state index in [1.54, 1.807) is 0 Å². The fourth-order valence-electron chi connectivity index (χ4n) is 7.14. The fourth-order valence-corrected chi connectivity index (χ4v) is 9.66. The van der Waals surface area contributed by atoms with Crippen LogP contribution in [0.1, 0.15) is 33.2 Å². The third-order valence-electron chi connectivity index (χ3n) is 9.22. The Morgan fingerprint density at radius 3 is 1.69 bits per heavy atom. The maximum atomic E-state index is 8.92. The number of hydrogen-bond acceptors (Lipinski definition) is 2. The first-order valence-corrected chi connectivity index (χ1v) is 16.9. The Morgan fingerprint density at radius 1 is 0.533 bits per heavy atom. The SMILES string of the molecule is [2H]c1c([2H])c([2H])c(-c2c3ccccc3c(-c3cc4c5c(c3)Sc3cc(C(C)(C)C)ccc3B5c3ccccc3S4)c3ccccc23)c([2H])c1[2H]. The predicted octanol–water partition coefficient (Wildman–Crippen LogP) is 10.1. The lowest BCUT2D eigenvalue weighted by molar-refractivity contribution is 0.589. The van der Waals surface area contributed by atoms with Crippen molar-refractivity contribution in [3.8, 4) is 22.3 Å². The fraction of sp³-hybridized carbons (Fsp3) is 0.0952. The second kappa shape index (κ2) is 10.2. The van der Waals surface area contributed by atoms with E-state index in [0.29, 0.717) is 5.56 Å². The Kier molecular flexibility index (Phi) is 5.05. The van der Waals surface area contributed by atoms with Gasteiger partial charge in [0.15, 0.2) is 0 Å². The Hall–Kier alpha value is -4.18. The molecular weight excluding hydrogens is 579 g/mol. The number of hydrogen-bond donors (Lipinski definition) is 0. The van der Waals surface area contributed by atoms with Crippen molar-refractivity contribution in [2.24, 2.45) is 0 Å². The van der Waals surface area contributed by atoms with Gasteiger partial charge >= 0.3 is 0 Å². The van der Waals surface area contributed by atoms with Gasteiger partial charge in [-0.3, -0.25) is 0 Å². The van der Waals surface area contributed by atoms with Crippen molar-refractivity contribution >= 4 is 68.2 Å². The number of benzene rings is 7. The van der Waals surface area contributed by atoms with Gasteiger partial charge in [-0.15, -0.1) is 0 Å². The molecule has 0 fully saturated rings. The minimum Gasteiger partial charge on any atom is -0.0911 e. The lowest BCUT2D eigenvalue weighted by Crippen LogP contribution is -2.58. The number of rotatable bonds is 2. The van der Waals surface area contributed by atoms with Crippen LogP contribution >= 0.6 is 23.5 Å². The highest BCUT2D eigenvalue weighted by Crippen LogP contribution is 2.47. The highest BCUT2D eigenvalue weighted by atomic mass is 32.2. The Morgan fingerprint density at radius 2 is 1.07 bits per heavy atom. The molecule has 0 saturated heterocycles. The first kappa shape index (κ1) is 22.3. The van der Waals surface area contributed by atoms with Crippen LogP contribution in [0.25, 0.3) is 43.8 Å². The molecule has 0 nitrogen and oxygen atoms in total. The minimum absolute atomic E-state index is 0.0308. The van der Waals surface area contributed by atoms with Crippen molar-refractivity contribution in [1.29, 1.82) is 0 Å². The van der Waals surface area contributed by atoms with E-state index in [-0.39, 0.29) is 47.9 Å². The molecule has 214 valence electrons. The van der Waals surface area contributed by atoms with Crippen LogP contribution in [-0.4, -0.2) is 6.71 Å².